The van der Waals surface area contributed by atoms with E-state index in [1.165, 1.54) is 10.4 Å². The normalized spacial score (nSPS) is 12.1. The van der Waals surface area contributed by atoms with Crippen molar-refractivity contribution in [3.63, 3.8) is 0 Å². The van der Waals surface area contributed by atoms with E-state index in [1.54, 1.807) is 11.3 Å². The largest absolute Gasteiger partial charge is 0.312 e. The lowest BCUT2D eigenvalue weighted by atomic mass is 10.1. The van der Waals surface area contributed by atoms with Crippen LogP contribution in [-0.2, 0) is 6.54 Å². The molecule has 4 heteroatoms. The highest BCUT2D eigenvalue weighted by Gasteiger charge is 2.07. The summed E-state index contributed by atoms with van der Waals surface area (Å²) in [6.07, 6.45) is 1.14. The lowest BCUT2D eigenvalue weighted by molar-refractivity contribution is 0.418. The van der Waals surface area contributed by atoms with Gasteiger partial charge in [0.1, 0.15) is 0 Å². The maximum absolute atomic E-state index is 6.17. The summed E-state index contributed by atoms with van der Waals surface area (Å²) in [5.41, 5.74) is 1.40. The molecule has 98 valence electrons. The number of hydrogen-bond donors (Lipinski definition) is 2. The number of thiophene rings is 1. The van der Waals surface area contributed by atoms with Crippen molar-refractivity contribution in [2.75, 3.05) is 13.1 Å². The maximum atomic E-state index is 6.17. The van der Waals surface area contributed by atoms with E-state index < -0.39 is 0 Å². The average Bonchev–Trinajstić information content (AvgIpc) is 2.53. The van der Waals surface area contributed by atoms with Crippen LogP contribution in [0.2, 0.25) is 5.02 Å². The molecule has 0 aromatic carbocycles. The first kappa shape index (κ1) is 15.0. The third-order valence-corrected chi connectivity index (χ3v) is 4.18. The number of rotatable bonds is 6. The van der Waals surface area contributed by atoms with Gasteiger partial charge in [-0.2, -0.15) is 0 Å². The highest BCUT2D eigenvalue weighted by molar-refractivity contribution is 7.10. The minimum atomic E-state index is 0.216. The zero-order valence-electron chi connectivity index (χ0n) is 11.2. The first-order valence-electron chi connectivity index (χ1n) is 6.08. The molecule has 2 nitrogen and oxygen atoms in total. The average molecular weight is 275 g/mol. The zero-order chi connectivity index (χ0) is 12.9. The van der Waals surface area contributed by atoms with E-state index in [9.17, 15) is 0 Å². The predicted molar refractivity (Wildman–Crippen MR) is 78.1 cm³/mol. The Morgan fingerprint density at radius 3 is 2.53 bits per heavy atom. The Morgan fingerprint density at radius 2 is 2.00 bits per heavy atom. The molecule has 17 heavy (non-hydrogen) atoms. The highest BCUT2D eigenvalue weighted by atomic mass is 35.5. The van der Waals surface area contributed by atoms with E-state index in [0.717, 1.165) is 31.1 Å². The third-order valence-electron chi connectivity index (χ3n) is 2.44. The molecule has 0 aliphatic rings. The summed E-state index contributed by atoms with van der Waals surface area (Å²) in [6.45, 7) is 11.6. The maximum Gasteiger partial charge on any atom is 0.0587 e. The fraction of sp³-hybridized carbons (Fsp3) is 0.692. The standard InChI is InChI=1S/C13H23ClN2S/c1-10-9-17-11(12(10)14)8-15-6-5-7-16-13(2,3)4/h9,15-16H,5-8H2,1-4H3. The smallest absolute Gasteiger partial charge is 0.0587 e. The van der Waals surface area contributed by atoms with Gasteiger partial charge in [0.05, 0.1) is 5.02 Å². The van der Waals surface area contributed by atoms with Gasteiger partial charge in [-0.25, -0.2) is 0 Å². The van der Waals surface area contributed by atoms with Crippen LogP contribution in [0.25, 0.3) is 0 Å². The lowest BCUT2D eigenvalue weighted by Gasteiger charge is -2.20. The molecule has 0 saturated carbocycles. The second-order valence-electron chi connectivity index (χ2n) is 5.36. The Balaban J connectivity index is 2.11. The molecule has 1 rings (SSSR count). The molecule has 0 amide bonds. The first-order valence-corrected chi connectivity index (χ1v) is 7.34. The van der Waals surface area contributed by atoms with Crippen molar-refractivity contribution in [1.29, 1.82) is 0 Å². The summed E-state index contributed by atoms with van der Waals surface area (Å²) in [4.78, 5) is 1.24. The Labute approximate surface area is 114 Å². The van der Waals surface area contributed by atoms with Crippen LogP contribution in [0, 0.1) is 6.92 Å². The van der Waals surface area contributed by atoms with Gasteiger partial charge in [0.2, 0.25) is 0 Å². The van der Waals surface area contributed by atoms with Crippen LogP contribution in [0.15, 0.2) is 5.38 Å². The van der Waals surface area contributed by atoms with Crippen molar-refractivity contribution < 1.29 is 0 Å². The summed E-state index contributed by atoms with van der Waals surface area (Å²) >= 11 is 7.90. The van der Waals surface area contributed by atoms with E-state index in [1.807, 2.05) is 0 Å². The van der Waals surface area contributed by atoms with E-state index in [4.69, 9.17) is 11.6 Å². The van der Waals surface area contributed by atoms with Crippen LogP contribution in [0.5, 0.6) is 0 Å². The number of hydrogen-bond acceptors (Lipinski definition) is 3. The lowest BCUT2D eigenvalue weighted by Crippen LogP contribution is -2.37. The number of aryl methyl sites for hydroxylation is 1. The Bertz CT molecular complexity index is 342. The quantitative estimate of drug-likeness (QED) is 0.775. The monoisotopic (exact) mass is 274 g/mol. The summed E-state index contributed by atoms with van der Waals surface area (Å²) in [5, 5.41) is 9.94. The van der Waals surface area contributed by atoms with Crippen LogP contribution in [0.1, 0.15) is 37.6 Å². The molecular formula is C13H23ClN2S. The van der Waals surface area contributed by atoms with Gasteiger partial charge >= 0.3 is 0 Å². The Kier molecular flexibility index (Phi) is 5.93. The molecule has 0 bridgehead atoms. The fourth-order valence-corrected chi connectivity index (χ4v) is 2.69. The molecule has 0 radical (unpaired) electrons. The topological polar surface area (TPSA) is 24.1 Å². The van der Waals surface area contributed by atoms with Gasteiger partial charge in [-0.1, -0.05) is 11.6 Å². The Hall–Kier alpha value is -0.0900. The fourth-order valence-electron chi connectivity index (χ4n) is 1.48. The van der Waals surface area contributed by atoms with E-state index in [0.29, 0.717) is 0 Å². The van der Waals surface area contributed by atoms with Crippen molar-refractivity contribution in [3.8, 4) is 0 Å². The molecule has 0 unspecified atom stereocenters. The minimum absolute atomic E-state index is 0.216. The van der Waals surface area contributed by atoms with Gasteiger partial charge in [-0.05, 0) is 58.1 Å². The molecule has 0 saturated heterocycles. The SMILES string of the molecule is Cc1csc(CNCCCNC(C)(C)C)c1Cl. The van der Waals surface area contributed by atoms with Crippen molar-refractivity contribution in [2.45, 2.75) is 46.2 Å². The van der Waals surface area contributed by atoms with Gasteiger partial charge in [0.15, 0.2) is 0 Å². The van der Waals surface area contributed by atoms with E-state index in [2.05, 4.69) is 43.7 Å². The molecule has 1 heterocycles. The van der Waals surface area contributed by atoms with Crippen LogP contribution in [0.4, 0.5) is 0 Å². The first-order chi connectivity index (χ1) is 7.90. The second kappa shape index (κ2) is 6.74. The minimum Gasteiger partial charge on any atom is -0.312 e. The van der Waals surface area contributed by atoms with Crippen LogP contribution in [-0.4, -0.2) is 18.6 Å². The third kappa shape index (κ3) is 5.87. The molecule has 2 N–H and O–H groups in total. The highest BCUT2D eigenvalue weighted by Crippen LogP contribution is 2.26. The molecule has 0 aliphatic carbocycles. The molecule has 1 aromatic heterocycles. The van der Waals surface area contributed by atoms with Crippen LogP contribution < -0.4 is 10.6 Å². The molecule has 1 aromatic rings. The van der Waals surface area contributed by atoms with Crippen molar-refractivity contribution in [3.05, 3.63) is 20.8 Å². The van der Waals surface area contributed by atoms with E-state index >= 15 is 0 Å². The second-order valence-corrected chi connectivity index (χ2v) is 6.71. The molecule has 0 fully saturated rings. The van der Waals surface area contributed by atoms with Crippen LogP contribution in [0.3, 0.4) is 0 Å². The number of nitrogens with one attached hydrogen (secondary N) is 2. The summed E-state index contributed by atoms with van der Waals surface area (Å²) in [7, 11) is 0. The Morgan fingerprint density at radius 1 is 1.29 bits per heavy atom. The van der Waals surface area contributed by atoms with Crippen LogP contribution >= 0.6 is 22.9 Å². The van der Waals surface area contributed by atoms with Crippen molar-refractivity contribution in [1.82, 2.24) is 10.6 Å². The molecule has 0 spiro atoms. The van der Waals surface area contributed by atoms with Gasteiger partial charge in [-0.3, -0.25) is 0 Å². The zero-order valence-corrected chi connectivity index (χ0v) is 12.8. The van der Waals surface area contributed by atoms with Gasteiger partial charge in [-0.15, -0.1) is 11.3 Å². The summed E-state index contributed by atoms with van der Waals surface area (Å²) in [5.74, 6) is 0. The number of halogens is 1. The molecule has 0 atom stereocenters. The van der Waals surface area contributed by atoms with Gasteiger partial charge in [0, 0.05) is 17.0 Å². The van der Waals surface area contributed by atoms with Gasteiger partial charge < -0.3 is 10.6 Å². The van der Waals surface area contributed by atoms with E-state index in [-0.39, 0.29) is 5.54 Å². The van der Waals surface area contributed by atoms with Crippen molar-refractivity contribution >= 4 is 22.9 Å². The summed E-state index contributed by atoms with van der Waals surface area (Å²) in [6, 6.07) is 0. The molecule has 0 aliphatic heterocycles. The predicted octanol–water partition coefficient (Wildman–Crippen LogP) is 3.58. The molecular weight excluding hydrogens is 252 g/mol. The summed E-state index contributed by atoms with van der Waals surface area (Å²) < 4.78 is 0. The van der Waals surface area contributed by atoms with Gasteiger partial charge in [0.25, 0.3) is 0 Å². The van der Waals surface area contributed by atoms with Crippen molar-refractivity contribution in [2.24, 2.45) is 0 Å².